The molecule has 20 heavy (non-hydrogen) atoms. The summed E-state index contributed by atoms with van der Waals surface area (Å²) in [6.07, 6.45) is 3.31. The third-order valence-electron chi connectivity index (χ3n) is 3.61. The van der Waals surface area contributed by atoms with Crippen molar-refractivity contribution in [2.45, 2.75) is 5.67 Å². The van der Waals surface area contributed by atoms with E-state index in [9.17, 15) is 0 Å². The Morgan fingerprint density at radius 1 is 0.950 bits per heavy atom. The zero-order valence-electron chi connectivity index (χ0n) is 11.0. The molecule has 0 aliphatic heterocycles. The molecule has 0 saturated carbocycles. The molecule has 0 fully saturated rings. The third kappa shape index (κ3) is 1.96. The second-order valence-corrected chi connectivity index (χ2v) is 4.78. The SMILES string of the molecule is NCC(F)(c1ccccc1)c1cncc2ccccc12. The number of nitrogens with two attached hydrogens (primary N) is 1. The second kappa shape index (κ2) is 5.02. The Bertz CT molecular complexity index is 722. The van der Waals surface area contributed by atoms with Crippen LogP contribution in [0.5, 0.6) is 0 Å². The second-order valence-electron chi connectivity index (χ2n) is 4.78. The summed E-state index contributed by atoms with van der Waals surface area (Å²) in [4.78, 5) is 4.16. The Hall–Kier alpha value is -2.26. The third-order valence-corrected chi connectivity index (χ3v) is 3.61. The van der Waals surface area contributed by atoms with Crippen molar-refractivity contribution in [3.63, 3.8) is 0 Å². The quantitative estimate of drug-likeness (QED) is 0.789. The fraction of sp³-hybridized carbons (Fsp3) is 0.118. The van der Waals surface area contributed by atoms with E-state index in [-0.39, 0.29) is 6.54 Å². The number of alkyl halides is 1. The van der Waals surface area contributed by atoms with E-state index >= 15 is 4.39 Å². The molecule has 2 N–H and O–H groups in total. The maximum absolute atomic E-state index is 15.6. The summed E-state index contributed by atoms with van der Waals surface area (Å²) in [5.41, 5.74) is 5.11. The summed E-state index contributed by atoms with van der Waals surface area (Å²) in [5.74, 6) is 0. The minimum Gasteiger partial charge on any atom is -0.327 e. The number of halogens is 1. The first-order valence-corrected chi connectivity index (χ1v) is 6.53. The van der Waals surface area contributed by atoms with E-state index in [1.165, 1.54) is 0 Å². The molecule has 0 aliphatic carbocycles. The first-order chi connectivity index (χ1) is 9.75. The lowest BCUT2D eigenvalue weighted by Gasteiger charge is -2.25. The molecule has 2 nitrogen and oxygen atoms in total. The lowest BCUT2D eigenvalue weighted by atomic mass is 9.86. The van der Waals surface area contributed by atoms with Crippen molar-refractivity contribution in [3.05, 3.63) is 78.1 Å². The summed E-state index contributed by atoms with van der Waals surface area (Å²) in [7, 11) is 0. The maximum atomic E-state index is 15.6. The van der Waals surface area contributed by atoms with Gasteiger partial charge in [-0.3, -0.25) is 4.98 Å². The van der Waals surface area contributed by atoms with E-state index in [4.69, 9.17) is 5.73 Å². The van der Waals surface area contributed by atoms with Crippen LogP contribution in [-0.2, 0) is 5.67 Å². The fourth-order valence-electron chi connectivity index (χ4n) is 2.52. The van der Waals surface area contributed by atoms with E-state index in [2.05, 4.69) is 4.98 Å². The van der Waals surface area contributed by atoms with Crippen molar-refractivity contribution in [1.82, 2.24) is 4.98 Å². The van der Waals surface area contributed by atoms with Gasteiger partial charge in [-0.15, -0.1) is 0 Å². The molecule has 3 rings (SSSR count). The smallest absolute Gasteiger partial charge is 0.175 e. The molecule has 0 amide bonds. The van der Waals surface area contributed by atoms with Crippen molar-refractivity contribution in [1.29, 1.82) is 0 Å². The predicted octanol–water partition coefficient (Wildman–Crippen LogP) is 3.41. The minimum absolute atomic E-state index is 0.118. The normalized spacial score (nSPS) is 14.1. The number of hydrogen-bond acceptors (Lipinski definition) is 2. The highest BCUT2D eigenvalue weighted by atomic mass is 19.1. The average Bonchev–Trinajstić information content (AvgIpc) is 2.54. The number of pyridine rings is 1. The monoisotopic (exact) mass is 266 g/mol. The highest BCUT2D eigenvalue weighted by molar-refractivity contribution is 5.86. The zero-order valence-corrected chi connectivity index (χ0v) is 11.0. The molecular formula is C17H15FN2. The molecule has 2 aromatic carbocycles. The van der Waals surface area contributed by atoms with Gasteiger partial charge < -0.3 is 5.73 Å². The number of benzene rings is 2. The van der Waals surface area contributed by atoms with Crippen LogP contribution < -0.4 is 5.73 Å². The highest BCUT2D eigenvalue weighted by Crippen LogP contribution is 2.36. The van der Waals surface area contributed by atoms with E-state index < -0.39 is 5.67 Å². The fourth-order valence-corrected chi connectivity index (χ4v) is 2.52. The molecule has 0 bridgehead atoms. The van der Waals surface area contributed by atoms with E-state index in [0.717, 1.165) is 10.8 Å². The molecule has 0 saturated heterocycles. The number of aromatic nitrogens is 1. The largest absolute Gasteiger partial charge is 0.327 e. The molecule has 100 valence electrons. The van der Waals surface area contributed by atoms with Gasteiger partial charge in [-0.25, -0.2) is 4.39 Å². The Labute approximate surface area is 117 Å². The first-order valence-electron chi connectivity index (χ1n) is 6.53. The Balaban J connectivity index is 2.27. The summed E-state index contributed by atoms with van der Waals surface area (Å²) < 4.78 is 15.6. The average molecular weight is 266 g/mol. The van der Waals surface area contributed by atoms with Crippen molar-refractivity contribution in [3.8, 4) is 0 Å². The molecular weight excluding hydrogens is 251 g/mol. The summed E-state index contributed by atoms with van der Waals surface area (Å²) in [5, 5.41) is 1.76. The summed E-state index contributed by atoms with van der Waals surface area (Å²) in [6, 6.07) is 16.7. The summed E-state index contributed by atoms with van der Waals surface area (Å²) in [6.45, 7) is -0.118. The molecule has 0 spiro atoms. The molecule has 3 heteroatoms. The van der Waals surface area contributed by atoms with Gasteiger partial charge in [-0.1, -0.05) is 54.6 Å². The topological polar surface area (TPSA) is 38.9 Å². The van der Waals surface area contributed by atoms with Gasteiger partial charge in [0.2, 0.25) is 0 Å². The Morgan fingerprint density at radius 2 is 1.65 bits per heavy atom. The van der Waals surface area contributed by atoms with Gasteiger partial charge in [0.25, 0.3) is 0 Å². The van der Waals surface area contributed by atoms with Crippen LogP contribution in [0.3, 0.4) is 0 Å². The molecule has 1 unspecified atom stereocenters. The number of rotatable bonds is 3. The standard InChI is InChI=1S/C17H15FN2/c18-17(12-19,14-7-2-1-3-8-14)16-11-20-10-13-6-4-5-9-15(13)16/h1-11H,12,19H2. The van der Waals surface area contributed by atoms with Crippen molar-refractivity contribution in [2.75, 3.05) is 6.54 Å². The van der Waals surface area contributed by atoms with Gasteiger partial charge in [-0.05, 0) is 10.9 Å². The minimum atomic E-state index is -1.73. The van der Waals surface area contributed by atoms with E-state index in [1.807, 2.05) is 42.5 Å². The zero-order chi connectivity index (χ0) is 14.0. The van der Waals surface area contributed by atoms with Gasteiger partial charge in [0.05, 0.1) is 0 Å². The Morgan fingerprint density at radius 3 is 2.40 bits per heavy atom. The molecule has 1 aromatic heterocycles. The van der Waals surface area contributed by atoms with Gasteiger partial charge >= 0.3 is 0 Å². The van der Waals surface area contributed by atoms with Crippen LogP contribution in [0, 0.1) is 0 Å². The Kier molecular flexibility index (Phi) is 3.20. The molecule has 0 aliphatic rings. The van der Waals surface area contributed by atoms with Gasteiger partial charge in [0, 0.05) is 29.9 Å². The number of fused-ring (bicyclic) bond motifs is 1. The predicted molar refractivity (Wildman–Crippen MR) is 79.1 cm³/mol. The number of hydrogen-bond donors (Lipinski definition) is 1. The van der Waals surface area contributed by atoms with Crippen LogP contribution in [0.4, 0.5) is 4.39 Å². The van der Waals surface area contributed by atoms with Crippen LogP contribution in [0.25, 0.3) is 10.8 Å². The van der Waals surface area contributed by atoms with Crippen LogP contribution in [0.15, 0.2) is 67.0 Å². The van der Waals surface area contributed by atoms with Crippen molar-refractivity contribution < 1.29 is 4.39 Å². The van der Waals surface area contributed by atoms with Crippen molar-refractivity contribution in [2.24, 2.45) is 5.73 Å². The van der Waals surface area contributed by atoms with Crippen LogP contribution in [-0.4, -0.2) is 11.5 Å². The molecule has 1 heterocycles. The number of nitrogens with zero attached hydrogens (tertiary/aromatic N) is 1. The van der Waals surface area contributed by atoms with E-state index in [0.29, 0.717) is 11.1 Å². The van der Waals surface area contributed by atoms with Crippen LogP contribution in [0.2, 0.25) is 0 Å². The van der Waals surface area contributed by atoms with Crippen LogP contribution in [0.1, 0.15) is 11.1 Å². The molecule has 1 atom stereocenters. The lowest BCUT2D eigenvalue weighted by Crippen LogP contribution is -2.32. The first kappa shape index (κ1) is 12.8. The summed E-state index contributed by atoms with van der Waals surface area (Å²) >= 11 is 0. The van der Waals surface area contributed by atoms with Gasteiger partial charge in [0.15, 0.2) is 5.67 Å². The van der Waals surface area contributed by atoms with E-state index in [1.54, 1.807) is 24.5 Å². The van der Waals surface area contributed by atoms with Gasteiger partial charge in [-0.2, -0.15) is 0 Å². The molecule has 3 aromatic rings. The van der Waals surface area contributed by atoms with Gasteiger partial charge in [0.1, 0.15) is 0 Å². The van der Waals surface area contributed by atoms with Crippen molar-refractivity contribution >= 4 is 10.8 Å². The highest BCUT2D eigenvalue weighted by Gasteiger charge is 2.34. The maximum Gasteiger partial charge on any atom is 0.175 e. The molecule has 0 radical (unpaired) electrons. The lowest BCUT2D eigenvalue weighted by molar-refractivity contribution is 0.234. The van der Waals surface area contributed by atoms with Crippen LogP contribution >= 0.6 is 0 Å².